The third-order valence-corrected chi connectivity index (χ3v) is 4.20. The first-order valence-corrected chi connectivity index (χ1v) is 6.97. The minimum Gasteiger partial charge on any atom is -0.348 e. The molecule has 1 unspecified atom stereocenters. The van der Waals surface area contributed by atoms with E-state index in [4.69, 9.17) is 5.73 Å². The van der Waals surface area contributed by atoms with Crippen LogP contribution in [0.1, 0.15) is 25.7 Å². The predicted molar refractivity (Wildman–Crippen MR) is 74.7 cm³/mol. The first-order chi connectivity index (χ1) is 9.06. The zero-order chi connectivity index (χ0) is 13.6. The molecule has 0 radical (unpaired) electrons. The first kappa shape index (κ1) is 12.5. The van der Waals surface area contributed by atoms with Crippen LogP contribution in [0.3, 0.4) is 0 Å². The van der Waals surface area contributed by atoms with Crippen LogP contribution in [0.4, 0.5) is 0 Å². The lowest BCUT2D eigenvalue weighted by molar-refractivity contribution is -0.129. The molecule has 2 fully saturated rings. The average molecular weight is 259 g/mol. The highest BCUT2D eigenvalue weighted by molar-refractivity contribution is 5.84. The van der Waals surface area contributed by atoms with Gasteiger partial charge >= 0.3 is 0 Å². The van der Waals surface area contributed by atoms with Gasteiger partial charge in [-0.1, -0.05) is 6.58 Å². The predicted octanol–water partition coefficient (Wildman–Crippen LogP) is 1.57. The molecule has 0 aromatic rings. The van der Waals surface area contributed by atoms with Crippen molar-refractivity contribution in [3.8, 4) is 0 Å². The van der Waals surface area contributed by atoms with Crippen molar-refractivity contribution in [2.24, 2.45) is 11.7 Å². The Kier molecular flexibility index (Phi) is 2.97. The molecule has 3 rings (SSSR count). The number of rotatable bonds is 2. The number of nitrogens with zero attached hydrogens (tertiary/aromatic N) is 2. The number of amides is 1. The zero-order valence-corrected chi connectivity index (χ0v) is 11.4. The molecule has 0 aromatic carbocycles. The van der Waals surface area contributed by atoms with Crippen LogP contribution in [0.5, 0.6) is 0 Å². The highest BCUT2D eigenvalue weighted by Crippen LogP contribution is 2.35. The maximum atomic E-state index is 12.1. The van der Waals surface area contributed by atoms with Crippen molar-refractivity contribution in [2.75, 3.05) is 13.6 Å². The van der Waals surface area contributed by atoms with Crippen molar-refractivity contribution in [1.82, 2.24) is 9.80 Å². The second-order valence-electron chi connectivity index (χ2n) is 5.81. The van der Waals surface area contributed by atoms with E-state index in [1.54, 1.807) is 11.9 Å². The Hall–Kier alpha value is -1.55. The normalized spacial score (nSPS) is 27.8. The maximum absolute atomic E-state index is 12.1. The smallest absolute Gasteiger partial charge is 0.243 e. The molecule has 1 saturated carbocycles. The van der Waals surface area contributed by atoms with E-state index in [9.17, 15) is 4.79 Å². The number of likely N-dealkylation sites (N-methyl/N-ethyl adjacent to an activating group) is 1. The monoisotopic (exact) mass is 259 g/mol. The minimum atomic E-state index is -0.387. The van der Waals surface area contributed by atoms with Crippen LogP contribution in [0.15, 0.2) is 35.8 Å². The summed E-state index contributed by atoms with van der Waals surface area (Å²) in [6.07, 6.45) is 8.42. The summed E-state index contributed by atoms with van der Waals surface area (Å²) in [6.45, 7) is 5.16. The van der Waals surface area contributed by atoms with Crippen LogP contribution in [0.2, 0.25) is 0 Å². The number of hydrogen-bond donors (Lipinski definition) is 1. The Morgan fingerprint density at radius 1 is 1.42 bits per heavy atom. The Morgan fingerprint density at radius 3 is 2.84 bits per heavy atom. The molecule has 1 amide bonds. The third-order valence-electron chi connectivity index (χ3n) is 4.20. The third kappa shape index (κ3) is 2.32. The van der Waals surface area contributed by atoms with Crippen LogP contribution in [-0.2, 0) is 4.79 Å². The summed E-state index contributed by atoms with van der Waals surface area (Å²) >= 11 is 0. The fourth-order valence-electron chi connectivity index (χ4n) is 2.73. The summed E-state index contributed by atoms with van der Waals surface area (Å²) in [6, 6.07) is -0.387. The molecule has 1 aliphatic carbocycles. The Morgan fingerprint density at radius 2 is 2.16 bits per heavy atom. The van der Waals surface area contributed by atoms with Crippen LogP contribution < -0.4 is 5.73 Å². The van der Waals surface area contributed by atoms with E-state index in [2.05, 4.69) is 17.7 Å². The number of carbonyl (C=O) groups excluding carboxylic acids is 1. The van der Waals surface area contributed by atoms with Crippen molar-refractivity contribution in [1.29, 1.82) is 0 Å². The summed E-state index contributed by atoms with van der Waals surface area (Å²) in [7, 11) is 1.80. The lowest BCUT2D eigenvalue weighted by atomic mass is 10.0. The number of likely N-dealkylation sites (tertiary alicyclic amines) is 1. The van der Waals surface area contributed by atoms with Crippen LogP contribution in [0.25, 0.3) is 0 Å². The molecule has 1 atom stereocenters. The van der Waals surface area contributed by atoms with Gasteiger partial charge in [-0.25, -0.2) is 0 Å². The molecule has 4 heteroatoms. The molecule has 2 N–H and O–H groups in total. The van der Waals surface area contributed by atoms with Gasteiger partial charge in [0.2, 0.25) is 5.91 Å². The second kappa shape index (κ2) is 4.53. The summed E-state index contributed by atoms with van der Waals surface area (Å²) in [4.78, 5) is 16.0. The molecule has 19 heavy (non-hydrogen) atoms. The molecule has 102 valence electrons. The molecule has 0 spiro atoms. The number of carbonyl (C=O) groups is 1. The van der Waals surface area contributed by atoms with Crippen LogP contribution in [0, 0.1) is 5.92 Å². The SMILES string of the molecule is C=C1C=C2C(=CN1CC1CC1)CCC(N)C(=O)N2C. The van der Waals surface area contributed by atoms with Gasteiger partial charge in [0.1, 0.15) is 0 Å². The fourth-order valence-corrected chi connectivity index (χ4v) is 2.73. The van der Waals surface area contributed by atoms with Gasteiger partial charge in [-0.15, -0.1) is 0 Å². The standard InChI is InChI=1S/C15H21N3O/c1-10-7-14-12(9-18(10)8-11-3-4-11)5-6-13(16)15(19)17(14)2/h7,9,11,13H,1,3-6,8,16H2,2H3. The van der Waals surface area contributed by atoms with Crippen molar-refractivity contribution < 1.29 is 4.79 Å². The Labute approximate surface area is 114 Å². The van der Waals surface area contributed by atoms with Gasteiger partial charge in [-0.2, -0.15) is 0 Å². The summed E-state index contributed by atoms with van der Waals surface area (Å²) < 4.78 is 0. The lowest BCUT2D eigenvalue weighted by Gasteiger charge is -2.30. The Bertz CT molecular complexity index is 488. The summed E-state index contributed by atoms with van der Waals surface area (Å²) in [5, 5.41) is 0. The second-order valence-corrected chi connectivity index (χ2v) is 5.81. The van der Waals surface area contributed by atoms with E-state index in [-0.39, 0.29) is 11.9 Å². The Balaban J connectivity index is 1.87. The highest BCUT2D eigenvalue weighted by atomic mass is 16.2. The first-order valence-electron chi connectivity index (χ1n) is 6.97. The van der Waals surface area contributed by atoms with Gasteiger partial charge in [-0.05, 0) is 43.3 Å². The van der Waals surface area contributed by atoms with Crippen molar-refractivity contribution in [3.63, 3.8) is 0 Å². The van der Waals surface area contributed by atoms with Gasteiger partial charge in [0, 0.05) is 25.5 Å². The van der Waals surface area contributed by atoms with Crippen LogP contribution in [-0.4, -0.2) is 35.3 Å². The molecule has 4 nitrogen and oxygen atoms in total. The molecule has 3 aliphatic rings. The van der Waals surface area contributed by atoms with E-state index >= 15 is 0 Å². The summed E-state index contributed by atoms with van der Waals surface area (Å²) in [5.41, 5.74) is 9.05. The van der Waals surface area contributed by atoms with Crippen molar-refractivity contribution >= 4 is 5.91 Å². The molecule has 2 heterocycles. The van der Waals surface area contributed by atoms with Crippen molar-refractivity contribution in [3.05, 3.63) is 35.8 Å². The highest BCUT2D eigenvalue weighted by Gasteiger charge is 2.31. The van der Waals surface area contributed by atoms with E-state index in [0.29, 0.717) is 0 Å². The molecule has 1 saturated heterocycles. The van der Waals surface area contributed by atoms with Gasteiger partial charge in [-0.3, -0.25) is 4.79 Å². The van der Waals surface area contributed by atoms with E-state index < -0.39 is 0 Å². The molecule has 2 aliphatic heterocycles. The minimum absolute atomic E-state index is 0.00177. The van der Waals surface area contributed by atoms with Crippen LogP contribution >= 0.6 is 0 Å². The van der Waals surface area contributed by atoms with Gasteiger partial charge < -0.3 is 15.5 Å². The largest absolute Gasteiger partial charge is 0.348 e. The van der Waals surface area contributed by atoms with E-state index in [0.717, 1.165) is 36.7 Å². The number of allylic oxidation sites excluding steroid dienone is 2. The lowest BCUT2D eigenvalue weighted by Crippen LogP contribution is -2.39. The van der Waals surface area contributed by atoms with Crippen molar-refractivity contribution in [2.45, 2.75) is 31.7 Å². The topological polar surface area (TPSA) is 49.6 Å². The molecular weight excluding hydrogens is 238 g/mol. The number of fused-ring (bicyclic) bond motifs is 1. The maximum Gasteiger partial charge on any atom is 0.243 e. The fraction of sp³-hybridized carbons (Fsp3) is 0.533. The molecular formula is C15H21N3O. The molecule has 0 bridgehead atoms. The number of hydrogen-bond acceptors (Lipinski definition) is 3. The van der Waals surface area contributed by atoms with E-state index in [1.807, 2.05) is 6.08 Å². The average Bonchev–Trinajstić information content (AvgIpc) is 3.20. The summed E-state index contributed by atoms with van der Waals surface area (Å²) in [5.74, 6) is 0.814. The molecule has 0 aromatic heterocycles. The van der Waals surface area contributed by atoms with E-state index in [1.165, 1.54) is 18.4 Å². The van der Waals surface area contributed by atoms with Gasteiger partial charge in [0.05, 0.1) is 11.7 Å². The zero-order valence-electron chi connectivity index (χ0n) is 11.4. The van der Waals surface area contributed by atoms with Gasteiger partial charge in [0.25, 0.3) is 0 Å². The quantitative estimate of drug-likeness (QED) is 0.819. The van der Waals surface area contributed by atoms with Gasteiger partial charge in [0.15, 0.2) is 0 Å². The number of nitrogens with two attached hydrogens (primary N) is 1.